The van der Waals surface area contributed by atoms with Gasteiger partial charge in [0.15, 0.2) is 0 Å². The molecule has 3 spiro atoms. The average Bonchev–Trinajstić information content (AvgIpc) is 3.40. The molecule has 1 aromatic carbocycles. The summed E-state index contributed by atoms with van der Waals surface area (Å²) in [7, 11) is 4.02. The molecule has 4 aliphatic carbocycles. The summed E-state index contributed by atoms with van der Waals surface area (Å²) >= 11 is 6.36. The van der Waals surface area contributed by atoms with E-state index < -0.39 is 12.2 Å². The Bertz CT molecular complexity index is 1420. The lowest BCUT2D eigenvalue weighted by atomic mass is 9.57. The molecule has 1 aromatic heterocycles. The first-order chi connectivity index (χ1) is 17.7. The van der Waals surface area contributed by atoms with Crippen LogP contribution < -0.4 is 0 Å². The highest BCUT2D eigenvalue weighted by atomic mass is 35.5. The van der Waals surface area contributed by atoms with Crippen LogP contribution in [0.5, 0.6) is 0 Å². The number of halogens is 1. The fraction of sp³-hybridized carbons (Fsp3) is 0.581. The van der Waals surface area contributed by atoms with Crippen LogP contribution in [-0.2, 0) is 4.74 Å². The first-order valence-electron chi connectivity index (χ1n) is 13.9. The van der Waals surface area contributed by atoms with E-state index in [4.69, 9.17) is 16.3 Å². The number of hydrogen-bond acceptors (Lipinski definition) is 5. The first kappa shape index (κ1) is 23.2. The maximum Gasteiger partial charge on any atom is 0.136 e. The molecule has 0 radical (unpaired) electrons. The average molecular weight is 519 g/mol. The molecule has 2 aromatic rings. The van der Waals surface area contributed by atoms with E-state index in [9.17, 15) is 10.2 Å². The van der Waals surface area contributed by atoms with Crippen LogP contribution in [0.15, 0.2) is 48.2 Å². The molecule has 3 unspecified atom stereocenters. The highest BCUT2D eigenvalue weighted by Crippen LogP contribution is 2.81. The van der Waals surface area contributed by atoms with E-state index in [-0.39, 0.29) is 28.1 Å². The van der Waals surface area contributed by atoms with Crippen molar-refractivity contribution >= 4 is 27.9 Å². The third-order valence-corrected chi connectivity index (χ3v) is 12.0. The van der Waals surface area contributed by atoms with E-state index in [1.54, 1.807) is 6.20 Å². The van der Waals surface area contributed by atoms with Crippen molar-refractivity contribution in [2.75, 3.05) is 14.1 Å². The minimum atomic E-state index is -0.736. The van der Waals surface area contributed by atoms with Crippen LogP contribution >= 0.6 is 11.6 Å². The molecule has 3 heterocycles. The largest absolute Gasteiger partial charge is 0.390 e. The van der Waals surface area contributed by atoms with E-state index in [1.165, 1.54) is 16.7 Å². The number of aliphatic hydroxyl groups is 2. The molecule has 194 valence electrons. The van der Waals surface area contributed by atoms with Gasteiger partial charge in [0.2, 0.25) is 0 Å². The minimum absolute atomic E-state index is 0.0117. The van der Waals surface area contributed by atoms with E-state index in [2.05, 4.69) is 47.2 Å². The molecule has 2 bridgehead atoms. The van der Waals surface area contributed by atoms with Gasteiger partial charge in [0.25, 0.3) is 0 Å². The van der Waals surface area contributed by atoms with Gasteiger partial charge < -0.3 is 19.8 Å². The van der Waals surface area contributed by atoms with Gasteiger partial charge in [-0.15, -0.1) is 0 Å². The third-order valence-electron chi connectivity index (χ3n) is 11.7. The predicted octanol–water partition coefficient (Wildman–Crippen LogP) is 4.99. The summed E-state index contributed by atoms with van der Waals surface area (Å²) in [5.74, 6) is 0.715. The normalized spacial score (nSPS) is 47.2. The van der Waals surface area contributed by atoms with Gasteiger partial charge in [-0.25, -0.2) is 4.98 Å². The number of likely N-dealkylation sites (N-methyl/N-ethyl adjacent to an activating group) is 1. The second kappa shape index (κ2) is 7.05. The molecule has 2 N–H and O–H groups in total. The second-order valence-electron chi connectivity index (χ2n) is 13.2. The van der Waals surface area contributed by atoms with Crippen molar-refractivity contribution < 1.29 is 14.9 Å². The first-order valence-corrected chi connectivity index (χ1v) is 14.2. The van der Waals surface area contributed by atoms with Gasteiger partial charge in [0.05, 0.1) is 23.4 Å². The molecular weight excluding hydrogens is 484 g/mol. The number of ether oxygens (including phenoxy) is 1. The number of allylic oxidation sites excluding steroid dienone is 3. The molecule has 37 heavy (non-hydrogen) atoms. The summed E-state index contributed by atoms with van der Waals surface area (Å²) in [6.45, 7) is 2.44. The Hall–Kier alpha value is -1.76. The molecule has 2 aliphatic heterocycles. The maximum atomic E-state index is 11.5. The Balaban J connectivity index is 1.21. The van der Waals surface area contributed by atoms with Gasteiger partial charge in [-0.1, -0.05) is 42.8 Å². The molecule has 0 amide bonds. The minimum Gasteiger partial charge on any atom is -0.390 e. The van der Waals surface area contributed by atoms with E-state index >= 15 is 0 Å². The smallest absolute Gasteiger partial charge is 0.136 e. The monoisotopic (exact) mass is 518 g/mol. The number of pyridine rings is 1. The number of aliphatic hydroxyl groups excluding tert-OH is 2. The summed E-state index contributed by atoms with van der Waals surface area (Å²) in [6, 6.07) is 8.53. The van der Waals surface area contributed by atoms with Crippen LogP contribution in [0.25, 0.3) is 16.3 Å². The lowest BCUT2D eigenvalue weighted by Crippen LogP contribution is -2.67. The standard InChI is InChI=1S/C31H35ClN2O3/c1-28-10-8-21-22-15-30(22)26(36)25(35)23(34(2)3)16-29(30)11-12-31(21,37-29)24(28)7-6-20(28)18-4-5-19-17(14-18)9-13-33-27(19)32/h4-6,8-9,13-14,22-26,35-36H,7,10-12,15-16H2,1-3H3/t22?,23-,24?,25+,26-,28+,29+,30?,31+/m0/s1. The van der Waals surface area contributed by atoms with Gasteiger partial charge in [0, 0.05) is 34.4 Å². The summed E-state index contributed by atoms with van der Waals surface area (Å²) < 4.78 is 7.45. The molecule has 9 atom stereocenters. The number of rotatable bonds is 2. The van der Waals surface area contributed by atoms with E-state index in [0.717, 1.165) is 49.3 Å². The Morgan fingerprint density at radius 2 is 1.95 bits per heavy atom. The Kier molecular flexibility index (Phi) is 4.41. The second-order valence-corrected chi connectivity index (χ2v) is 13.5. The number of aromatic nitrogens is 1. The van der Waals surface area contributed by atoms with Gasteiger partial charge in [-0.3, -0.25) is 0 Å². The molecular formula is C31H35ClN2O3. The van der Waals surface area contributed by atoms with Crippen LogP contribution in [-0.4, -0.2) is 63.6 Å². The molecule has 6 aliphatic rings. The zero-order chi connectivity index (χ0) is 25.5. The summed E-state index contributed by atoms with van der Waals surface area (Å²) in [5.41, 5.74) is 3.17. The van der Waals surface area contributed by atoms with E-state index in [1.807, 2.05) is 20.2 Å². The molecule has 2 saturated heterocycles. The number of nitrogens with zero attached hydrogens (tertiary/aromatic N) is 2. The Morgan fingerprint density at radius 3 is 2.76 bits per heavy atom. The number of benzene rings is 1. The highest BCUT2D eigenvalue weighted by Gasteiger charge is 2.84. The highest BCUT2D eigenvalue weighted by molar-refractivity contribution is 6.34. The quantitative estimate of drug-likeness (QED) is 0.433. The van der Waals surface area contributed by atoms with Crippen LogP contribution in [0.3, 0.4) is 0 Å². The number of fused-ring (bicyclic) bond motifs is 3. The van der Waals surface area contributed by atoms with Crippen LogP contribution in [0.2, 0.25) is 5.15 Å². The Labute approximate surface area is 223 Å². The molecule has 8 rings (SSSR count). The van der Waals surface area contributed by atoms with Crippen molar-refractivity contribution in [1.82, 2.24) is 9.88 Å². The molecule has 6 heteroatoms. The van der Waals surface area contributed by atoms with Gasteiger partial charge in [-0.2, -0.15) is 0 Å². The lowest BCUT2D eigenvalue weighted by Gasteiger charge is -2.59. The fourth-order valence-electron chi connectivity index (χ4n) is 9.94. The van der Waals surface area contributed by atoms with Crippen molar-refractivity contribution in [1.29, 1.82) is 0 Å². The van der Waals surface area contributed by atoms with Crippen LogP contribution in [0.1, 0.15) is 51.0 Å². The third kappa shape index (κ3) is 2.55. The van der Waals surface area contributed by atoms with Crippen LogP contribution in [0.4, 0.5) is 0 Å². The van der Waals surface area contributed by atoms with Crippen molar-refractivity contribution in [2.24, 2.45) is 22.7 Å². The van der Waals surface area contributed by atoms with Crippen molar-refractivity contribution in [3.63, 3.8) is 0 Å². The topological polar surface area (TPSA) is 65.8 Å². The number of hydrogen-bond donors (Lipinski definition) is 2. The zero-order valence-corrected chi connectivity index (χ0v) is 22.5. The summed E-state index contributed by atoms with van der Waals surface area (Å²) in [4.78, 5) is 6.32. The van der Waals surface area contributed by atoms with Gasteiger partial charge in [0.1, 0.15) is 5.15 Å². The van der Waals surface area contributed by atoms with Gasteiger partial charge in [-0.05, 0) is 92.8 Å². The summed E-state index contributed by atoms with van der Waals surface area (Å²) in [6.07, 6.45) is 11.0. The van der Waals surface area contributed by atoms with Crippen molar-refractivity contribution in [3.05, 3.63) is 58.9 Å². The lowest BCUT2D eigenvalue weighted by molar-refractivity contribution is -0.248. The zero-order valence-electron chi connectivity index (χ0n) is 21.7. The Morgan fingerprint density at radius 1 is 1.11 bits per heavy atom. The fourth-order valence-corrected chi connectivity index (χ4v) is 10.2. The predicted molar refractivity (Wildman–Crippen MR) is 144 cm³/mol. The molecule has 5 nitrogen and oxygen atoms in total. The van der Waals surface area contributed by atoms with Gasteiger partial charge >= 0.3 is 0 Å². The molecule has 4 fully saturated rings. The van der Waals surface area contributed by atoms with Crippen LogP contribution in [0, 0.1) is 22.7 Å². The molecule has 2 saturated carbocycles. The summed E-state index contributed by atoms with van der Waals surface area (Å²) in [5, 5.41) is 25.3. The van der Waals surface area contributed by atoms with Crippen molar-refractivity contribution in [2.45, 2.75) is 74.9 Å². The van der Waals surface area contributed by atoms with E-state index in [0.29, 0.717) is 17.0 Å². The SMILES string of the molecule is CN(C)[C@H]1C[C@@]23CC[C@@]4(O2)C(=CC[C@]2(C)C(c5ccc6c(Cl)nccc6c5)=CCC24)C2CC23[C@@H](O)[C@@H]1O. The maximum absolute atomic E-state index is 11.5. The van der Waals surface area contributed by atoms with Crippen molar-refractivity contribution in [3.8, 4) is 0 Å².